The van der Waals surface area contributed by atoms with E-state index in [1.54, 1.807) is 0 Å². The first-order valence-electron chi connectivity index (χ1n) is 10.6. The topological polar surface area (TPSA) is 46.6 Å². The number of ether oxygens (including phenoxy) is 1. The molecule has 0 aromatic carbocycles. The van der Waals surface area contributed by atoms with Gasteiger partial charge in [-0.1, -0.05) is 50.7 Å². The molecule has 0 aromatic heterocycles. The smallest absolute Gasteiger partial charge is 0.310 e. The van der Waals surface area contributed by atoms with Crippen LogP contribution in [-0.2, 0) is 14.3 Å². The van der Waals surface area contributed by atoms with E-state index in [4.69, 9.17) is 4.74 Å². The molecule has 2 aliphatic carbocycles. The molecular formula is C22H37NO3. The van der Waals surface area contributed by atoms with Crippen LogP contribution >= 0.6 is 0 Å². The van der Waals surface area contributed by atoms with E-state index in [1.807, 2.05) is 11.8 Å². The van der Waals surface area contributed by atoms with E-state index in [1.165, 1.54) is 64.0 Å². The van der Waals surface area contributed by atoms with Crippen LogP contribution in [0, 0.1) is 11.8 Å². The summed E-state index contributed by atoms with van der Waals surface area (Å²) in [7, 11) is 1.42. The first kappa shape index (κ1) is 21.0. The molecule has 0 radical (unpaired) electrons. The molecule has 2 aliphatic rings. The van der Waals surface area contributed by atoms with Crippen molar-refractivity contribution in [3.63, 3.8) is 0 Å². The lowest BCUT2D eigenvalue weighted by Gasteiger charge is -2.27. The van der Waals surface area contributed by atoms with Gasteiger partial charge < -0.3 is 9.64 Å². The minimum Gasteiger partial charge on any atom is -0.469 e. The fourth-order valence-corrected chi connectivity index (χ4v) is 4.30. The molecule has 0 spiro atoms. The summed E-state index contributed by atoms with van der Waals surface area (Å²) in [4.78, 5) is 26.6. The van der Waals surface area contributed by atoms with Crippen molar-refractivity contribution in [3.05, 3.63) is 11.6 Å². The van der Waals surface area contributed by atoms with Gasteiger partial charge in [0, 0.05) is 19.5 Å². The molecule has 1 atom stereocenters. The van der Waals surface area contributed by atoms with E-state index in [2.05, 4.69) is 6.08 Å². The van der Waals surface area contributed by atoms with Gasteiger partial charge in [-0.2, -0.15) is 0 Å². The van der Waals surface area contributed by atoms with Gasteiger partial charge in [0.1, 0.15) is 0 Å². The maximum absolute atomic E-state index is 12.9. The number of carbonyl (C=O) groups excluding carboxylic acids is 2. The summed E-state index contributed by atoms with van der Waals surface area (Å²) in [5.74, 6) is 0.433. The Morgan fingerprint density at radius 2 is 1.96 bits per heavy atom. The van der Waals surface area contributed by atoms with Crippen LogP contribution in [0.4, 0.5) is 0 Å². The molecule has 1 saturated carbocycles. The maximum atomic E-state index is 12.9. The Balaban J connectivity index is 1.87. The summed E-state index contributed by atoms with van der Waals surface area (Å²) in [6.07, 6.45) is 16.3. The average molecular weight is 364 g/mol. The predicted octanol–water partition coefficient (Wildman–Crippen LogP) is 4.88. The Bertz CT molecular complexity index is 480. The standard InChI is InChI=1S/C22H37NO3/c1-18(22(25)26-2)17-23(16-15-20-11-7-4-8-12-20)21(24)14-13-19-9-5-3-6-10-19/h11,18-19H,3-10,12-17H2,1-2H3. The summed E-state index contributed by atoms with van der Waals surface area (Å²) >= 11 is 0. The molecule has 4 nitrogen and oxygen atoms in total. The molecule has 0 saturated heterocycles. The van der Waals surface area contributed by atoms with Crippen LogP contribution < -0.4 is 0 Å². The van der Waals surface area contributed by atoms with E-state index in [9.17, 15) is 9.59 Å². The molecule has 1 fully saturated rings. The highest BCUT2D eigenvalue weighted by molar-refractivity contribution is 5.78. The lowest BCUT2D eigenvalue weighted by Crippen LogP contribution is -2.38. The van der Waals surface area contributed by atoms with Crippen LogP contribution in [0.3, 0.4) is 0 Å². The third-order valence-electron chi connectivity index (χ3n) is 6.03. The molecular weight excluding hydrogens is 326 g/mol. The van der Waals surface area contributed by atoms with Crippen LogP contribution in [0.15, 0.2) is 11.6 Å². The Labute approximate surface area is 159 Å². The molecule has 0 bridgehead atoms. The minimum atomic E-state index is -0.265. The van der Waals surface area contributed by atoms with Gasteiger partial charge in [-0.25, -0.2) is 0 Å². The first-order valence-corrected chi connectivity index (χ1v) is 10.6. The third kappa shape index (κ3) is 7.13. The van der Waals surface area contributed by atoms with Crippen molar-refractivity contribution < 1.29 is 14.3 Å². The van der Waals surface area contributed by atoms with Crippen molar-refractivity contribution in [1.82, 2.24) is 4.90 Å². The largest absolute Gasteiger partial charge is 0.469 e. The summed E-state index contributed by atoms with van der Waals surface area (Å²) in [5, 5.41) is 0. The second-order valence-electron chi connectivity index (χ2n) is 8.16. The molecule has 2 rings (SSSR count). The molecule has 1 unspecified atom stereocenters. The summed E-state index contributed by atoms with van der Waals surface area (Å²) in [6, 6.07) is 0. The van der Waals surface area contributed by atoms with Crippen molar-refractivity contribution in [2.24, 2.45) is 11.8 Å². The summed E-state index contributed by atoms with van der Waals surface area (Å²) in [6.45, 7) is 3.06. The average Bonchev–Trinajstić information content (AvgIpc) is 2.70. The minimum absolute atomic E-state index is 0.211. The molecule has 0 heterocycles. The third-order valence-corrected chi connectivity index (χ3v) is 6.03. The molecule has 4 heteroatoms. The highest BCUT2D eigenvalue weighted by Gasteiger charge is 2.23. The second-order valence-corrected chi connectivity index (χ2v) is 8.16. The summed E-state index contributed by atoms with van der Waals surface area (Å²) in [5.41, 5.74) is 1.48. The molecule has 148 valence electrons. The van der Waals surface area contributed by atoms with E-state index < -0.39 is 0 Å². The van der Waals surface area contributed by atoms with E-state index in [-0.39, 0.29) is 17.8 Å². The number of nitrogens with zero attached hydrogens (tertiary/aromatic N) is 1. The number of amides is 1. The number of hydrogen-bond acceptors (Lipinski definition) is 3. The Morgan fingerprint density at radius 3 is 2.62 bits per heavy atom. The number of esters is 1. The van der Waals surface area contributed by atoms with Gasteiger partial charge in [0.05, 0.1) is 13.0 Å². The zero-order chi connectivity index (χ0) is 18.8. The lowest BCUT2D eigenvalue weighted by atomic mass is 9.86. The predicted molar refractivity (Wildman–Crippen MR) is 105 cm³/mol. The number of rotatable bonds is 9. The Morgan fingerprint density at radius 1 is 1.19 bits per heavy atom. The molecule has 0 aromatic rings. The van der Waals surface area contributed by atoms with Gasteiger partial charge in [-0.05, 0) is 44.4 Å². The normalized spacial score (nSPS) is 19.5. The second kappa shape index (κ2) is 11.4. The number of hydrogen-bond donors (Lipinski definition) is 0. The summed E-state index contributed by atoms with van der Waals surface area (Å²) < 4.78 is 4.85. The zero-order valence-electron chi connectivity index (χ0n) is 16.8. The lowest BCUT2D eigenvalue weighted by molar-refractivity contribution is -0.146. The van der Waals surface area contributed by atoms with Crippen LogP contribution in [0.25, 0.3) is 0 Å². The van der Waals surface area contributed by atoms with Crippen LogP contribution in [-0.4, -0.2) is 37.0 Å². The molecule has 1 amide bonds. The van der Waals surface area contributed by atoms with Crippen molar-refractivity contribution in [2.45, 2.75) is 84.0 Å². The molecule has 0 N–H and O–H groups in total. The van der Waals surface area contributed by atoms with Crippen molar-refractivity contribution in [1.29, 1.82) is 0 Å². The highest BCUT2D eigenvalue weighted by Crippen LogP contribution is 2.28. The van der Waals surface area contributed by atoms with Gasteiger partial charge in [0.15, 0.2) is 0 Å². The van der Waals surface area contributed by atoms with Crippen molar-refractivity contribution in [3.8, 4) is 0 Å². The zero-order valence-corrected chi connectivity index (χ0v) is 16.8. The van der Waals surface area contributed by atoms with Crippen molar-refractivity contribution >= 4 is 11.9 Å². The van der Waals surface area contributed by atoms with Crippen molar-refractivity contribution in [2.75, 3.05) is 20.2 Å². The molecule has 26 heavy (non-hydrogen) atoms. The fourth-order valence-electron chi connectivity index (χ4n) is 4.30. The monoisotopic (exact) mass is 363 g/mol. The van der Waals surface area contributed by atoms with E-state index in [0.29, 0.717) is 18.9 Å². The van der Waals surface area contributed by atoms with Gasteiger partial charge in [0.2, 0.25) is 5.91 Å². The highest BCUT2D eigenvalue weighted by atomic mass is 16.5. The SMILES string of the molecule is COC(=O)C(C)CN(CCC1=CCCCC1)C(=O)CCC1CCCCC1. The van der Waals surface area contributed by atoms with Gasteiger partial charge in [-0.3, -0.25) is 9.59 Å². The number of allylic oxidation sites excluding steroid dienone is 1. The van der Waals surface area contributed by atoms with E-state index >= 15 is 0 Å². The van der Waals surface area contributed by atoms with Gasteiger partial charge in [0.25, 0.3) is 0 Å². The fraction of sp³-hybridized carbons (Fsp3) is 0.818. The van der Waals surface area contributed by atoms with E-state index in [0.717, 1.165) is 25.8 Å². The van der Waals surface area contributed by atoms with Gasteiger partial charge >= 0.3 is 5.97 Å². The first-order chi connectivity index (χ1) is 12.6. The van der Waals surface area contributed by atoms with Crippen LogP contribution in [0.5, 0.6) is 0 Å². The quantitative estimate of drug-likeness (QED) is 0.433. The van der Waals surface area contributed by atoms with Gasteiger partial charge in [-0.15, -0.1) is 0 Å². The molecule has 0 aliphatic heterocycles. The number of methoxy groups -OCH3 is 1. The Kier molecular flexibility index (Phi) is 9.21. The number of carbonyl (C=O) groups is 2. The maximum Gasteiger partial charge on any atom is 0.310 e. The Hall–Kier alpha value is -1.32. The van der Waals surface area contributed by atoms with Crippen LogP contribution in [0.1, 0.15) is 84.0 Å². The van der Waals surface area contributed by atoms with Crippen LogP contribution in [0.2, 0.25) is 0 Å².